The van der Waals surface area contributed by atoms with E-state index in [2.05, 4.69) is 5.32 Å². The fraction of sp³-hybridized carbons (Fsp3) is 0.125. The standard InChI is InChI=1S/C24H19F3N2O3/c25-24(26,27)19-8-4-7-18(14-19)23(32)29-20(22(28)31)13-15-9-11-17(12-10-15)21(30)16-5-2-1-3-6-16/h1-12,14,20H,13H2,(H2,28,31)(H,29,32)/t20-/m1/s1. The number of nitrogens with one attached hydrogen (secondary N) is 1. The third-order valence-corrected chi connectivity index (χ3v) is 4.79. The molecule has 0 aliphatic heterocycles. The zero-order valence-corrected chi connectivity index (χ0v) is 16.7. The van der Waals surface area contributed by atoms with Gasteiger partial charge in [-0.3, -0.25) is 14.4 Å². The molecule has 8 heteroatoms. The number of amides is 2. The molecule has 0 unspecified atom stereocenters. The van der Waals surface area contributed by atoms with E-state index in [0.29, 0.717) is 22.8 Å². The van der Waals surface area contributed by atoms with E-state index in [4.69, 9.17) is 5.73 Å². The van der Waals surface area contributed by atoms with E-state index in [1.165, 1.54) is 6.07 Å². The van der Waals surface area contributed by atoms with Crippen LogP contribution in [0.4, 0.5) is 13.2 Å². The average Bonchev–Trinajstić information content (AvgIpc) is 2.78. The van der Waals surface area contributed by atoms with Crippen molar-refractivity contribution in [3.63, 3.8) is 0 Å². The van der Waals surface area contributed by atoms with Crippen molar-refractivity contribution in [2.45, 2.75) is 18.6 Å². The van der Waals surface area contributed by atoms with Gasteiger partial charge in [0.2, 0.25) is 5.91 Å². The van der Waals surface area contributed by atoms with Gasteiger partial charge in [-0.15, -0.1) is 0 Å². The molecule has 0 fully saturated rings. The van der Waals surface area contributed by atoms with Crippen molar-refractivity contribution in [1.82, 2.24) is 5.32 Å². The number of benzene rings is 3. The predicted octanol–water partition coefficient (Wildman–Crippen LogP) is 3.76. The summed E-state index contributed by atoms with van der Waals surface area (Å²) in [5.74, 6) is -1.85. The first kappa shape index (κ1) is 22.7. The smallest absolute Gasteiger partial charge is 0.368 e. The minimum Gasteiger partial charge on any atom is -0.368 e. The van der Waals surface area contributed by atoms with Crippen LogP contribution in [0.25, 0.3) is 0 Å². The lowest BCUT2D eigenvalue weighted by Gasteiger charge is -2.16. The third kappa shape index (κ3) is 5.60. The van der Waals surface area contributed by atoms with Gasteiger partial charge < -0.3 is 11.1 Å². The molecule has 5 nitrogen and oxygen atoms in total. The summed E-state index contributed by atoms with van der Waals surface area (Å²) in [5, 5.41) is 2.38. The summed E-state index contributed by atoms with van der Waals surface area (Å²) in [6.07, 6.45) is -4.59. The maximum absolute atomic E-state index is 12.9. The van der Waals surface area contributed by atoms with Crippen LogP contribution < -0.4 is 11.1 Å². The van der Waals surface area contributed by atoms with Gasteiger partial charge in [0.15, 0.2) is 5.78 Å². The summed E-state index contributed by atoms with van der Waals surface area (Å²) in [7, 11) is 0. The summed E-state index contributed by atoms with van der Waals surface area (Å²) >= 11 is 0. The maximum atomic E-state index is 12.9. The van der Waals surface area contributed by atoms with Gasteiger partial charge in [-0.25, -0.2) is 0 Å². The van der Waals surface area contributed by atoms with Crippen molar-refractivity contribution >= 4 is 17.6 Å². The fourth-order valence-corrected chi connectivity index (χ4v) is 3.09. The van der Waals surface area contributed by atoms with Crippen molar-refractivity contribution < 1.29 is 27.6 Å². The molecule has 0 saturated heterocycles. The van der Waals surface area contributed by atoms with Crippen LogP contribution in [-0.2, 0) is 17.4 Å². The highest BCUT2D eigenvalue weighted by Crippen LogP contribution is 2.29. The Kier molecular flexibility index (Phi) is 6.73. The van der Waals surface area contributed by atoms with E-state index >= 15 is 0 Å². The van der Waals surface area contributed by atoms with Crippen molar-refractivity contribution in [3.05, 3.63) is 107 Å². The van der Waals surface area contributed by atoms with Crippen LogP contribution in [0, 0.1) is 0 Å². The van der Waals surface area contributed by atoms with Crippen LogP contribution in [0.2, 0.25) is 0 Å². The monoisotopic (exact) mass is 440 g/mol. The topological polar surface area (TPSA) is 89.3 Å². The second-order valence-electron chi connectivity index (χ2n) is 7.10. The molecule has 164 valence electrons. The first-order valence-corrected chi connectivity index (χ1v) is 9.61. The molecule has 0 radical (unpaired) electrons. The van der Waals surface area contributed by atoms with Gasteiger partial charge in [0.1, 0.15) is 6.04 Å². The van der Waals surface area contributed by atoms with Gasteiger partial charge in [-0.2, -0.15) is 13.2 Å². The molecule has 32 heavy (non-hydrogen) atoms. The lowest BCUT2D eigenvalue weighted by Crippen LogP contribution is -2.45. The quantitative estimate of drug-likeness (QED) is 0.549. The van der Waals surface area contributed by atoms with Crippen LogP contribution in [-0.4, -0.2) is 23.6 Å². The van der Waals surface area contributed by atoms with Gasteiger partial charge in [-0.1, -0.05) is 60.7 Å². The number of nitrogens with two attached hydrogens (primary N) is 1. The van der Waals surface area contributed by atoms with Gasteiger partial charge >= 0.3 is 6.18 Å². The number of primary amides is 1. The van der Waals surface area contributed by atoms with Crippen LogP contribution in [0.5, 0.6) is 0 Å². The third-order valence-electron chi connectivity index (χ3n) is 4.79. The number of hydrogen-bond donors (Lipinski definition) is 2. The summed E-state index contributed by atoms with van der Waals surface area (Å²) in [6.45, 7) is 0. The lowest BCUT2D eigenvalue weighted by molar-refractivity contribution is -0.137. The largest absolute Gasteiger partial charge is 0.416 e. The summed E-state index contributed by atoms with van der Waals surface area (Å²) in [6, 6.07) is 17.9. The minimum absolute atomic E-state index is 0.0137. The molecule has 1 atom stereocenters. The molecule has 0 spiro atoms. The van der Waals surface area contributed by atoms with E-state index in [0.717, 1.165) is 12.1 Å². The highest BCUT2D eigenvalue weighted by molar-refractivity contribution is 6.09. The first-order chi connectivity index (χ1) is 15.1. The molecule has 0 bridgehead atoms. The molecule has 2 amide bonds. The Morgan fingerprint density at radius 2 is 1.41 bits per heavy atom. The molecule has 3 N–H and O–H groups in total. The molecular formula is C24H19F3N2O3. The van der Waals surface area contributed by atoms with Gasteiger partial charge in [0.25, 0.3) is 5.91 Å². The number of rotatable bonds is 7. The van der Waals surface area contributed by atoms with Gasteiger partial charge in [-0.05, 0) is 23.8 Å². The Bertz CT molecular complexity index is 1130. The number of hydrogen-bond acceptors (Lipinski definition) is 3. The Morgan fingerprint density at radius 1 is 0.812 bits per heavy atom. The highest BCUT2D eigenvalue weighted by Gasteiger charge is 2.31. The zero-order valence-electron chi connectivity index (χ0n) is 16.7. The fourth-order valence-electron chi connectivity index (χ4n) is 3.09. The van der Waals surface area contributed by atoms with Crippen molar-refractivity contribution in [1.29, 1.82) is 0 Å². The van der Waals surface area contributed by atoms with E-state index in [1.807, 2.05) is 0 Å². The molecule has 0 aliphatic carbocycles. The molecule has 0 heterocycles. The molecule has 3 rings (SSSR count). The average molecular weight is 440 g/mol. The van der Waals surface area contributed by atoms with E-state index in [9.17, 15) is 27.6 Å². The zero-order chi connectivity index (χ0) is 23.3. The van der Waals surface area contributed by atoms with E-state index in [1.54, 1.807) is 54.6 Å². The van der Waals surface area contributed by atoms with Crippen molar-refractivity contribution in [2.75, 3.05) is 0 Å². The first-order valence-electron chi connectivity index (χ1n) is 9.61. The maximum Gasteiger partial charge on any atom is 0.416 e. The molecule has 3 aromatic rings. The van der Waals surface area contributed by atoms with Crippen molar-refractivity contribution in [2.24, 2.45) is 5.73 Å². The molecule has 0 saturated carbocycles. The van der Waals surface area contributed by atoms with E-state index in [-0.39, 0.29) is 17.8 Å². The molecule has 0 aromatic heterocycles. The van der Waals surface area contributed by atoms with Crippen LogP contribution >= 0.6 is 0 Å². The number of alkyl halides is 3. The number of halogens is 3. The number of carbonyl (C=O) groups is 3. The Labute approximate surface area is 182 Å². The Hall–Kier alpha value is -3.94. The summed E-state index contributed by atoms with van der Waals surface area (Å²) in [5.41, 5.74) is 5.76. The Balaban J connectivity index is 1.71. The second kappa shape index (κ2) is 9.47. The highest BCUT2D eigenvalue weighted by atomic mass is 19.4. The normalized spacial score (nSPS) is 12.1. The summed E-state index contributed by atoms with van der Waals surface area (Å²) < 4.78 is 38.6. The molecule has 0 aliphatic rings. The minimum atomic E-state index is -4.60. The van der Waals surface area contributed by atoms with E-state index < -0.39 is 29.6 Å². The van der Waals surface area contributed by atoms with Crippen LogP contribution in [0.15, 0.2) is 78.9 Å². The van der Waals surface area contributed by atoms with Crippen molar-refractivity contribution in [3.8, 4) is 0 Å². The molecular weight excluding hydrogens is 421 g/mol. The second-order valence-corrected chi connectivity index (χ2v) is 7.10. The number of carbonyl (C=O) groups excluding carboxylic acids is 3. The lowest BCUT2D eigenvalue weighted by atomic mass is 9.99. The molecule has 3 aromatic carbocycles. The predicted molar refractivity (Wildman–Crippen MR) is 112 cm³/mol. The van der Waals surface area contributed by atoms with Gasteiger partial charge in [0, 0.05) is 23.1 Å². The van der Waals surface area contributed by atoms with Crippen LogP contribution in [0.3, 0.4) is 0 Å². The SMILES string of the molecule is NC(=O)[C@@H](Cc1ccc(C(=O)c2ccccc2)cc1)NC(=O)c1cccc(C(F)(F)F)c1. The summed E-state index contributed by atoms with van der Waals surface area (Å²) in [4.78, 5) is 36.7. The Morgan fingerprint density at radius 3 is 2.00 bits per heavy atom. The van der Waals surface area contributed by atoms with Gasteiger partial charge in [0.05, 0.1) is 5.56 Å². The number of ketones is 1. The van der Waals surface area contributed by atoms with Crippen LogP contribution in [0.1, 0.15) is 37.4 Å².